The van der Waals surface area contributed by atoms with Crippen LogP contribution in [0.4, 0.5) is 0 Å². The van der Waals surface area contributed by atoms with E-state index in [2.05, 4.69) is 5.10 Å². The Bertz CT molecular complexity index is 1030. The van der Waals surface area contributed by atoms with Crippen LogP contribution < -0.4 is 0 Å². The standard InChI is InChI=1S/C16H21N3O5S2/c1-12-4-5-14(25(3,20)21)8-16(12)26(22,23)19-6-7-24-15(11-19)13-9-17-18(2)10-13/h4-5,8-10,15H,6-7,11H2,1-3H3/t15-/m0/s1. The Kier molecular flexibility index (Phi) is 4.95. The van der Waals surface area contributed by atoms with Crippen LogP contribution in [-0.2, 0) is 31.6 Å². The smallest absolute Gasteiger partial charge is 0.243 e. The van der Waals surface area contributed by atoms with Crippen molar-refractivity contribution in [1.29, 1.82) is 0 Å². The summed E-state index contributed by atoms with van der Waals surface area (Å²) in [6, 6.07) is 4.16. The van der Waals surface area contributed by atoms with Crippen molar-refractivity contribution in [2.45, 2.75) is 22.8 Å². The van der Waals surface area contributed by atoms with Gasteiger partial charge in [-0.3, -0.25) is 4.68 Å². The third-order valence-corrected chi connectivity index (χ3v) is 7.45. The lowest BCUT2D eigenvalue weighted by molar-refractivity contribution is -0.00260. The summed E-state index contributed by atoms with van der Waals surface area (Å²) in [5.41, 5.74) is 1.30. The summed E-state index contributed by atoms with van der Waals surface area (Å²) in [7, 11) is -5.57. The molecule has 26 heavy (non-hydrogen) atoms. The number of sulfone groups is 1. The van der Waals surface area contributed by atoms with Gasteiger partial charge in [0, 0.05) is 38.2 Å². The molecular weight excluding hydrogens is 378 g/mol. The molecule has 1 aromatic carbocycles. The van der Waals surface area contributed by atoms with Gasteiger partial charge in [0.05, 0.1) is 28.7 Å². The third-order valence-electron chi connectivity index (χ3n) is 4.33. The minimum absolute atomic E-state index is 0.00672. The molecule has 1 fully saturated rings. The summed E-state index contributed by atoms with van der Waals surface area (Å²) in [5.74, 6) is 0. The van der Waals surface area contributed by atoms with Crippen molar-refractivity contribution >= 4 is 19.9 Å². The van der Waals surface area contributed by atoms with Crippen molar-refractivity contribution in [2.24, 2.45) is 7.05 Å². The van der Waals surface area contributed by atoms with Gasteiger partial charge in [0.25, 0.3) is 0 Å². The molecule has 0 saturated carbocycles. The summed E-state index contributed by atoms with van der Waals surface area (Å²) in [6.07, 6.45) is 4.08. The summed E-state index contributed by atoms with van der Waals surface area (Å²) in [6.45, 7) is 2.26. The van der Waals surface area contributed by atoms with Crippen molar-refractivity contribution in [2.75, 3.05) is 26.0 Å². The van der Waals surface area contributed by atoms with Gasteiger partial charge in [0.15, 0.2) is 9.84 Å². The minimum atomic E-state index is -3.85. The predicted octanol–water partition coefficient (Wildman–Crippen LogP) is 0.894. The van der Waals surface area contributed by atoms with Crippen LogP contribution in [0.25, 0.3) is 0 Å². The first-order chi connectivity index (χ1) is 12.1. The molecular formula is C16H21N3O5S2. The van der Waals surface area contributed by atoms with Crippen LogP contribution in [0.2, 0.25) is 0 Å². The molecule has 0 unspecified atom stereocenters. The molecule has 3 rings (SSSR count). The SMILES string of the molecule is Cc1ccc(S(C)(=O)=O)cc1S(=O)(=O)N1CCO[C@H](c2cnn(C)c2)C1. The number of rotatable bonds is 4. The highest BCUT2D eigenvalue weighted by atomic mass is 32.2. The molecule has 0 aliphatic carbocycles. The van der Waals surface area contributed by atoms with E-state index in [-0.39, 0.29) is 29.5 Å². The molecule has 1 aliphatic heterocycles. The highest BCUT2D eigenvalue weighted by Gasteiger charge is 2.33. The predicted molar refractivity (Wildman–Crippen MR) is 94.9 cm³/mol. The van der Waals surface area contributed by atoms with Gasteiger partial charge >= 0.3 is 0 Å². The highest BCUT2D eigenvalue weighted by Crippen LogP contribution is 2.28. The molecule has 8 nitrogen and oxygen atoms in total. The largest absolute Gasteiger partial charge is 0.371 e. The molecule has 0 spiro atoms. The number of benzene rings is 1. The molecule has 2 heterocycles. The Morgan fingerprint density at radius 2 is 1.96 bits per heavy atom. The molecule has 0 bridgehead atoms. The molecule has 1 atom stereocenters. The van der Waals surface area contributed by atoms with Crippen molar-refractivity contribution in [3.8, 4) is 0 Å². The highest BCUT2D eigenvalue weighted by molar-refractivity contribution is 7.91. The number of aromatic nitrogens is 2. The number of hydrogen-bond acceptors (Lipinski definition) is 6. The van der Waals surface area contributed by atoms with Crippen LogP contribution >= 0.6 is 0 Å². The van der Waals surface area contributed by atoms with Crippen molar-refractivity contribution < 1.29 is 21.6 Å². The van der Waals surface area contributed by atoms with E-state index < -0.39 is 26.0 Å². The van der Waals surface area contributed by atoms with Gasteiger partial charge in [0.1, 0.15) is 0 Å². The van der Waals surface area contributed by atoms with Gasteiger partial charge in [-0.2, -0.15) is 9.40 Å². The van der Waals surface area contributed by atoms with Gasteiger partial charge < -0.3 is 4.74 Å². The monoisotopic (exact) mass is 399 g/mol. The topological polar surface area (TPSA) is 98.6 Å². The van der Waals surface area contributed by atoms with Crippen molar-refractivity contribution in [3.05, 3.63) is 41.7 Å². The maximum Gasteiger partial charge on any atom is 0.243 e. The van der Waals surface area contributed by atoms with Crippen molar-refractivity contribution in [3.63, 3.8) is 0 Å². The fourth-order valence-corrected chi connectivity index (χ4v) is 5.28. The second-order valence-corrected chi connectivity index (χ2v) is 10.3. The number of ether oxygens (including phenoxy) is 1. The van der Waals surface area contributed by atoms with Crippen molar-refractivity contribution in [1.82, 2.24) is 14.1 Å². The second-order valence-electron chi connectivity index (χ2n) is 6.37. The second kappa shape index (κ2) is 6.76. The van der Waals surface area contributed by atoms with E-state index in [0.717, 1.165) is 11.8 Å². The van der Waals surface area contributed by atoms with Gasteiger partial charge in [-0.05, 0) is 24.6 Å². The summed E-state index contributed by atoms with van der Waals surface area (Å²) >= 11 is 0. The zero-order valence-corrected chi connectivity index (χ0v) is 16.4. The Hall–Kier alpha value is -1.75. The maximum absolute atomic E-state index is 13.1. The molecule has 0 amide bonds. The molecule has 10 heteroatoms. The van der Waals surface area contributed by atoms with E-state index in [9.17, 15) is 16.8 Å². The van der Waals surface area contributed by atoms with Crippen LogP contribution in [0.15, 0.2) is 40.4 Å². The fraction of sp³-hybridized carbons (Fsp3) is 0.438. The first kappa shape index (κ1) is 19.0. The molecule has 1 aliphatic rings. The average molecular weight is 399 g/mol. The first-order valence-electron chi connectivity index (χ1n) is 8.00. The Morgan fingerprint density at radius 3 is 2.58 bits per heavy atom. The van der Waals surface area contributed by atoms with Crippen LogP contribution in [0.3, 0.4) is 0 Å². The zero-order valence-electron chi connectivity index (χ0n) is 14.8. The summed E-state index contributed by atoms with van der Waals surface area (Å²) in [5, 5.41) is 4.09. The van der Waals surface area contributed by atoms with Crippen LogP contribution in [0, 0.1) is 6.92 Å². The molecule has 1 aromatic heterocycles. The Morgan fingerprint density at radius 1 is 1.23 bits per heavy atom. The average Bonchev–Trinajstić information content (AvgIpc) is 3.00. The lowest BCUT2D eigenvalue weighted by Crippen LogP contribution is -2.42. The van der Waals surface area contributed by atoms with Gasteiger partial charge in [0.2, 0.25) is 10.0 Å². The number of morpholine rings is 1. The number of nitrogens with zero attached hydrogens (tertiary/aromatic N) is 3. The van der Waals surface area contributed by atoms with E-state index in [1.165, 1.54) is 22.5 Å². The molecule has 0 N–H and O–H groups in total. The number of hydrogen-bond donors (Lipinski definition) is 0. The van der Waals surface area contributed by atoms with Crippen LogP contribution in [-0.4, -0.2) is 56.9 Å². The summed E-state index contributed by atoms with van der Waals surface area (Å²) < 4.78 is 58.5. The molecule has 0 radical (unpaired) electrons. The maximum atomic E-state index is 13.1. The number of aryl methyl sites for hydroxylation is 2. The number of sulfonamides is 1. The van der Waals surface area contributed by atoms with E-state index in [1.807, 2.05) is 0 Å². The minimum Gasteiger partial charge on any atom is -0.371 e. The van der Waals surface area contributed by atoms with E-state index in [4.69, 9.17) is 4.74 Å². The first-order valence-corrected chi connectivity index (χ1v) is 11.3. The third kappa shape index (κ3) is 3.68. The Balaban J connectivity index is 1.95. The quantitative estimate of drug-likeness (QED) is 0.757. The molecule has 142 valence electrons. The zero-order chi connectivity index (χ0) is 19.1. The van der Waals surface area contributed by atoms with E-state index >= 15 is 0 Å². The van der Waals surface area contributed by atoms with E-state index in [0.29, 0.717) is 5.56 Å². The normalized spacial score (nSPS) is 19.6. The molecule has 1 saturated heterocycles. The van der Waals surface area contributed by atoms with Gasteiger partial charge in [-0.1, -0.05) is 6.07 Å². The molecule has 2 aromatic rings. The lowest BCUT2D eigenvalue weighted by Gasteiger charge is -2.32. The van der Waals surface area contributed by atoms with Gasteiger partial charge in [-0.25, -0.2) is 16.8 Å². The summed E-state index contributed by atoms with van der Waals surface area (Å²) in [4.78, 5) is -0.00833. The Labute approximate surface area is 153 Å². The lowest BCUT2D eigenvalue weighted by atomic mass is 10.2. The fourth-order valence-electron chi connectivity index (χ4n) is 2.88. The van der Waals surface area contributed by atoms with E-state index in [1.54, 1.807) is 31.0 Å². The van der Waals surface area contributed by atoms with Gasteiger partial charge in [-0.15, -0.1) is 0 Å². The van der Waals surface area contributed by atoms with Crippen LogP contribution in [0.1, 0.15) is 17.2 Å². The van der Waals surface area contributed by atoms with Crippen LogP contribution in [0.5, 0.6) is 0 Å².